The smallest absolute Gasteiger partial charge is 0.407 e. The number of carbonyl (C=O) groups excluding carboxylic acids is 5. The molecule has 5 amide bonds. The number of ether oxygens (including phenoxy) is 2. The van der Waals surface area contributed by atoms with Crippen molar-refractivity contribution in [1.29, 1.82) is 0 Å². The Bertz CT molecular complexity index is 1480. The molecule has 0 heterocycles. The number of alkyl carbamates (subject to hydrolysis) is 1. The van der Waals surface area contributed by atoms with Crippen LogP contribution < -0.4 is 27.0 Å². The SMILES string of the molecule is CC(C)[C@H](NC(=O)[C@H](CCC(=O)OC(C)(C)C)NC(=O)OCC1c2ccccc2-c2ccccc21)C(=O)N[C@@H](CCCNC(N)=O)C(=O)O. The molecule has 49 heavy (non-hydrogen) atoms. The number of hydrogen-bond acceptors (Lipinski definition) is 8. The summed E-state index contributed by atoms with van der Waals surface area (Å²) in [7, 11) is 0. The molecule has 3 atom stereocenters. The van der Waals surface area contributed by atoms with Crippen LogP contribution in [0, 0.1) is 5.92 Å². The Hall–Kier alpha value is -5.14. The van der Waals surface area contributed by atoms with Crippen molar-refractivity contribution in [3.63, 3.8) is 0 Å². The molecule has 0 aliphatic heterocycles. The fourth-order valence-electron chi connectivity index (χ4n) is 5.53. The summed E-state index contributed by atoms with van der Waals surface area (Å²) in [5.41, 5.74) is 8.37. The molecule has 14 nitrogen and oxygen atoms in total. The number of esters is 1. The van der Waals surface area contributed by atoms with Crippen LogP contribution >= 0.6 is 0 Å². The summed E-state index contributed by atoms with van der Waals surface area (Å²) in [5.74, 6) is -4.14. The van der Waals surface area contributed by atoms with Gasteiger partial charge in [0.05, 0.1) is 0 Å². The van der Waals surface area contributed by atoms with Gasteiger partial charge in [0, 0.05) is 18.9 Å². The van der Waals surface area contributed by atoms with E-state index < -0.39 is 65.5 Å². The fourth-order valence-corrected chi connectivity index (χ4v) is 5.53. The standard InChI is InChI=1S/C35H47N5O9/c1-20(2)29(31(43)38-27(32(44)45)15-10-18-37-33(36)46)40-30(42)26(16-17-28(41)49-35(3,4)5)39-34(47)48-19-25-23-13-8-6-11-21(23)22-12-7-9-14-24(22)25/h6-9,11-14,20,25-27,29H,10,15-19H2,1-5H3,(H,38,43)(H,39,47)(H,40,42)(H,44,45)(H3,36,37,46)/t26-,27-,29-/m0/s1. The molecule has 2 aromatic carbocycles. The Kier molecular flexibility index (Phi) is 13.5. The Morgan fingerprint density at radius 1 is 0.837 bits per heavy atom. The highest BCUT2D eigenvalue weighted by molar-refractivity contribution is 5.93. The van der Waals surface area contributed by atoms with Crippen molar-refractivity contribution in [2.75, 3.05) is 13.2 Å². The lowest BCUT2D eigenvalue weighted by Gasteiger charge is -2.27. The molecule has 0 radical (unpaired) electrons. The van der Waals surface area contributed by atoms with E-state index in [0.717, 1.165) is 22.3 Å². The number of fused-ring (bicyclic) bond motifs is 3. The van der Waals surface area contributed by atoms with E-state index >= 15 is 0 Å². The third-order valence-electron chi connectivity index (χ3n) is 7.84. The van der Waals surface area contributed by atoms with Gasteiger partial charge in [-0.25, -0.2) is 14.4 Å². The second-order valence-corrected chi connectivity index (χ2v) is 13.2. The summed E-state index contributed by atoms with van der Waals surface area (Å²) in [4.78, 5) is 75.2. The summed E-state index contributed by atoms with van der Waals surface area (Å²) < 4.78 is 11.0. The number of aliphatic carboxylic acids is 1. The molecule has 1 aliphatic carbocycles. The van der Waals surface area contributed by atoms with Gasteiger partial charge in [-0.3, -0.25) is 14.4 Å². The van der Waals surface area contributed by atoms with Gasteiger partial charge < -0.3 is 41.6 Å². The van der Waals surface area contributed by atoms with Gasteiger partial charge in [-0.1, -0.05) is 62.4 Å². The third-order valence-corrected chi connectivity index (χ3v) is 7.84. The molecule has 0 aromatic heterocycles. The number of benzene rings is 2. The Balaban J connectivity index is 1.71. The van der Waals surface area contributed by atoms with E-state index in [2.05, 4.69) is 21.3 Å². The van der Waals surface area contributed by atoms with Crippen molar-refractivity contribution >= 4 is 35.9 Å². The normalized spacial score (nSPS) is 14.0. The van der Waals surface area contributed by atoms with Gasteiger partial charge in [-0.15, -0.1) is 0 Å². The average molecular weight is 682 g/mol. The largest absolute Gasteiger partial charge is 0.480 e. The molecule has 0 spiro atoms. The average Bonchev–Trinajstić information content (AvgIpc) is 3.34. The van der Waals surface area contributed by atoms with Crippen LogP contribution in [0.4, 0.5) is 9.59 Å². The van der Waals surface area contributed by atoms with E-state index in [1.807, 2.05) is 48.5 Å². The number of urea groups is 1. The number of carboxylic acid groups (broad SMARTS) is 1. The summed E-state index contributed by atoms with van der Waals surface area (Å²) in [5, 5.41) is 19.6. The maximum atomic E-state index is 13.6. The zero-order valence-electron chi connectivity index (χ0n) is 28.5. The van der Waals surface area contributed by atoms with Crippen molar-refractivity contribution < 1.29 is 43.3 Å². The molecule has 0 saturated heterocycles. The van der Waals surface area contributed by atoms with E-state index in [1.165, 1.54) is 0 Å². The number of amides is 5. The monoisotopic (exact) mass is 681 g/mol. The summed E-state index contributed by atoms with van der Waals surface area (Å²) in [6.45, 7) is 8.53. The first-order valence-corrected chi connectivity index (χ1v) is 16.3. The molecule has 1 aliphatic rings. The van der Waals surface area contributed by atoms with Crippen LogP contribution in [-0.2, 0) is 28.7 Å². The molecule has 0 saturated carbocycles. The molecular formula is C35H47N5O9. The minimum Gasteiger partial charge on any atom is -0.480 e. The van der Waals surface area contributed by atoms with Gasteiger partial charge in [0.1, 0.15) is 30.3 Å². The highest BCUT2D eigenvalue weighted by Crippen LogP contribution is 2.44. The Morgan fingerprint density at radius 3 is 1.96 bits per heavy atom. The lowest BCUT2D eigenvalue weighted by molar-refractivity contribution is -0.155. The van der Waals surface area contributed by atoms with Gasteiger partial charge >= 0.3 is 24.1 Å². The van der Waals surface area contributed by atoms with Crippen LogP contribution in [0.15, 0.2) is 48.5 Å². The minimum absolute atomic E-state index is 0.0111. The van der Waals surface area contributed by atoms with Gasteiger partial charge in [0.15, 0.2) is 0 Å². The maximum absolute atomic E-state index is 13.6. The van der Waals surface area contributed by atoms with Crippen molar-refractivity contribution in [3.8, 4) is 11.1 Å². The highest BCUT2D eigenvalue weighted by atomic mass is 16.6. The summed E-state index contributed by atoms with van der Waals surface area (Å²) in [6.07, 6.45) is -1.08. The predicted molar refractivity (Wildman–Crippen MR) is 180 cm³/mol. The topological polar surface area (TPSA) is 215 Å². The molecule has 3 rings (SSSR count). The molecule has 0 bridgehead atoms. The second kappa shape index (κ2) is 17.3. The minimum atomic E-state index is -1.30. The number of primary amides is 1. The zero-order valence-corrected chi connectivity index (χ0v) is 28.5. The molecular weight excluding hydrogens is 634 g/mol. The molecule has 2 aromatic rings. The van der Waals surface area contributed by atoms with Gasteiger partial charge in [-0.05, 0) is 68.2 Å². The second-order valence-electron chi connectivity index (χ2n) is 13.2. The first-order chi connectivity index (χ1) is 23.1. The number of nitrogens with one attached hydrogen (secondary N) is 4. The molecule has 14 heteroatoms. The van der Waals surface area contributed by atoms with Crippen LogP contribution in [0.5, 0.6) is 0 Å². The lowest BCUT2D eigenvalue weighted by Crippen LogP contribution is -2.57. The fraction of sp³-hybridized carbons (Fsp3) is 0.486. The molecule has 0 unspecified atom stereocenters. The number of carbonyl (C=O) groups is 6. The first-order valence-electron chi connectivity index (χ1n) is 16.3. The van der Waals surface area contributed by atoms with Crippen LogP contribution in [0.1, 0.15) is 77.3 Å². The lowest BCUT2D eigenvalue weighted by atomic mass is 9.98. The van der Waals surface area contributed by atoms with Crippen LogP contribution in [-0.4, -0.2) is 77.9 Å². The quantitative estimate of drug-likeness (QED) is 0.113. The molecule has 0 fully saturated rings. The number of carboxylic acids is 1. The third kappa shape index (κ3) is 11.5. The van der Waals surface area contributed by atoms with Crippen LogP contribution in [0.3, 0.4) is 0 Å². The van der Waals surface area contributed by atoms with E-state index in [0.29, 0.717) is 0 Å². The van der Waals surface area contributed by atoms with Gasteiger partial charge in [0.25, 0.3) is 0 Å². The van der Waals surface area contributed by atoms with E-state index in [9.17, 15) is 33.9 Å². The van der Waals surface area contributed by atoms with E-state index in [1.54, 1.807) is 34.6 Å². The van der Waals surface area contributed by atoms with Crippen LogP contribution in [0.2, 0.25) is 0 Å². The van der Waals surface area contributed by atoms with E-state index in [-0.39, 0.29) is 44.8 Å². The molecule has 7 N–H and O–H groups in total. The molecule has 266 valence electrons. The number of nitrogens with two attached hydrogens (primary N) is 1. The van der Waals surface area contributed by atoms with E-state index in [4.69, 9.17) is 15.2 Å². The zero-order chi connectivity index (χ0) is 36.3. The summed E-state index contributed by atoms with van der Waals surface area (Å²) in [6, 6.07) is 11.1. The van der Waals surface area contributed by atoms with Crippen molar-refractivity contribution in [2.45, 2.75) is 89.9 Å². The number of rotatable bonds is 16. The van der Waals surface area contributed by atoms with Crippen molar-refractivity contribution in [3.05, 3.63) is 59.7 Å². The van der Waals surface area contributed by atoms with Gasteiger partial charge in [0.2, 0.25) is 11.8 Å². The Labute approximate surface area is 285 Å². The first kappa shape index (κ1) is 38.3. The van der Waals surface area contributed by atoms with Gasteiger partial charge in [-0.2, -0.15) is 0 Å². The summed E-state index contributed by atoms with van der Waals surface area (Å²) >= 11 is 0. The van der Waals surface area contributed by atoms with Crippen LogP contribution in [0.25, 0.3) is 11.1 Å². The van der Waals surface area contributed by atoms with Crippen molar-refractivity contribution in [2.24, 2.45) is 11.7 Å². The predicted octanol–water partition coefficient (Wildman–Crippen LogP) is 3.17. The Morgan fingerprint density at radius 2 is 1.43 bits per heavy atom. The number of hydrogen-bond donors (Lipinski definition) is 6. The highest BCUT2D eigenvalue weighted by Gasteiger charge is 2.33. The van der Waals surface area contributed by atoms with Crippen molar-refractivity contribution in [1.82, 2.24) is 21.3 Å². The maximum Gasteiger partial charge on any atom is 0.407 e.